The quantitative estimate of drug-likeness (QED) is 0.658. The number of nitrogens with two attached hydrogens (primary N) is 1. The van der Waals surface area contributed by atoms with Gasteiger partial charge in [-0.3, -0.25) is 9.48 Å². The molecule has 3 unspecified atom stereocenters. The number of carbonyl (C=O) groups is 1. The van der Waals surface area contributed by atoms with Gasteiger partial charge in [0.2, 0.25) is 5.91 Å². The number of aliphatic hydroxyl groups excluding tert-OH is 1. The smallest absolute Gasteiger partial charge is 0.241 e. The second kappa shape index (κ2) is 5.79. The second-order valence-corrected chi connectivity index (χ2v) is 4.42. The molecule has 6 nitrogen and oxygen atoms in total. The fraction of sp³-hybridized carbons (Fsp3) is 0.636. The summed E-state index contributed by atoms with van der Waals surface area (Å²) in [4.78, 5) is 11.8. The van der Waals surface area contributed by atoms with Gasteiger partial charge in [0.15, 0.2) is 0 Å². The van der Waals surface area contributed by atoms with E-state index in [1.165, 1.54) is 0 Å². The Balaban J connectivity index is 2.53. The summed E-state index contributed by atoms with van der Waals surface area (Å²) in [6, 6.07) is -0.828. The zero-order valence-electron chi connectivity index (χ0n) is 10.4. The molecule has 4 N–H and O–H groups in total. The Morgan fingerprint density at radius 3 is 2.76 bits per heavy atom. The summed E-state index contributed by atoms with van der Waals surface area (Å²) in [7, 11) is 1.77. The minimum absolute atomic E-state index is 0.106. The largest absolute Gasteiger partial charge is 0.393 e. The third-order valence-electron chi connectivity index (χ3n) is 2.45. The molecule has 0 bridgehead atoms. The third-order valence-corrected chi connectivity index (χ3v) is 2.45. The normalized spacial score (nSPS) is 16.3. The molecule has 0 fully saturated rings. The van der Waals surface area contributed by atoms with Gasteiger partial charge in [0.05, 0.1) is 12.3 Å². The topological polar surface area (TPSA) is 93.2 Å². The molecule has 0 saturated carbocycles. The number of hydrogen-bond acceptors (Lipinski definition) is 4. The highest BCUT2D eigenvalue weighted by molar-refractivity contribution is 5.82. The van der Waals surface area contributed by atoms with Crippen molar-refractivity contribution in [1.82, 2.24) is 15.1 Å². The van der Waals surface area contributed by atoms with Crippen LogP contribution in [0.5, 0.6) is 0 Å². The number of aromatic nitrogens is 2. The molecule has 0 aliphatic carbocycles. The lowest BCUT2D eigenvalue weighted by molar-refractivity contribution is -0.123. The van der Waals surface area contributed by atoms with Crippen molar-refractivity contribution in [3.63, 3.8) is 0 Å². The Morgan fingerprint density at radius 1 is 1.65 bits per heavy atom. The van der Waals surface area contributed by atoms with Gasteiger partial charge in [-0.2, -0.15) is 5.10 Å². The summed E-state index contributed by atoms with van der Waals surface area (Å²) in [6.07, 6.45) is 3.35. The van der Waals surface area contributed by atoms with Gasteiger partial charge in [0.1, 0.15) is 6.04 Å². The number of hydrogen-bond donors (Lipinski definition) is 3. The summed E-state index contributed by atoms with van der Waals surface area (Å²) in [5.41, 5.74) is 6.48. The Morgan fingerprint density at radius 2 is 2.29 bits per heavy atom. The molecule has 1 heterocycles. The molecule has 96 valence electrons. The lowest BCUT2D eigenvalue weighted by atomic mass is 10.1. The maximum atomic E-state index is 11.8. The van der Waals surface area contributed by atoms with Crippen molar-refractivity contribution >= 4 is 5.91 Å². The lowest BCUT2D eigenvalue weighted by Gasteiger charge is -2.17. The van der Waals surface area contributed by atoms with Crippen LogP contribution in [0.25, 0.3) is 0 Å². The van der Waals surface area contributed by atoms with E-state index >= 15 is 0 Å². The molecular formula is C11H20N4O2. The van der Waals surface area contributed by atoms with Gasteiger partial charge in [-0.15, -0.1) is 0 Å². The molecule has 0 spiro atoms. The monoisotopic (exact) mass is 240 g/mol. The molecule has 1 aromatic rings. The number of amides is 1. The van der Waals surface area contributed by atoms with Crippen LogP contribution in [0, 0.1) is 0 Å². The van der Waals surface area contributed by atoms with Gasteiger partial charge in [-0.1, -0.05) is 0 Å². The Hall–Kier alpha value is -1.40. The number of nitrogens with zero attached hydrogens (tertiary/aromatic N) is 2. The van der Waals surface area contributed by atoms with E-state index in [1.807, 2.05) is 6.92 Å². The number of aliphatic hydroxyl groups is 1. The highest BCUT2D eigenvalue weighted by atomic mass is 16.3. The molecular weight excluding hydrogens is 220 g/mol. The van der Waals surface area contributed by atoms with E-state index in [0.29, 0.717) is 12.0 Å². The molecule has 0 aliphatic rings. The van der Waals surface area contributed by atoms with Crippen molar-refractivity contribution in [2.75, 3.05) is 0 Å². The van der Waals surface area contributed by atoms with E-state index in [9.17, 15) is 9.90 Å². The zero-order valence-corrected chi connectivity index (χ0v) is 10.4. The van der Waals surface area contributed by atoms with Crippen molar-refractivity contribution in [3.05, 3.63) is 18.0 Å². The number of aryl methyl sites for hydroxylation is 1. The molecule has 0 aliphatic heterocycles. The van der Waals surface area contributed by atoms with Crippen molar-refractivity contribution in [3.8, 4) is 0 Å². The Bertz CT molecular complexity index is 375. The molecule has 1 aromatic heterocycles. The predicted molar refractivity (Wildman–Crippen MR) is 64.0 cm³/mol. The number of carbonyl (C=O) groups excluding carboxylic acids is 1. The van der Waals surface area contributed by atoms with E-state index in [-0.39, 0.29) is 11.9 Å². The second-order valence-electron chi connectivity index (χ2n) is 4.42. The van der Waals surface area contributed by atoms with E-state index in [0.717, 1.165) is 0 Å². The van der Waals surface area contributed by atoms with Crippen LogP contribution in [0.2, 0.25) is 0 Å². The molecule has 0 radical (unpaired) electrons. The minimum Gasteiger partial charge on any atom is -0.393 e. The van der Waals surface area contributed by atoms with Crippen LogP contribution in [0.4, 0.5) is 0 Å². The summed E-state index contributed by atoms with van der Waals surface area (Å²) < 4.78 is 1.60. The molecule has 6 heteroatoms. The maximum absolute atomic E-state index is 11.8. The maximum Gasteiger partial charge on any atom is 0.241 e. The van der Waals surface area contributed by atoms with Gasteiger partial charge in [-0.25, -0.2) is 0 Å². The van der Waals surface area contributed by atoms with Crippen LogP contribution in [-0.2, 0) is 11.8 Å². The molecule has 1 rings (SSSR count). The Kier molecular flexibility index (Phi) is 4.65. The van der Waals surface area contributed by atoms with Crippen LogP contribution in [-0.4, -0.2) is 32.9 Å². The first-order chi connectivity index (χ1) is 7.90. The first-order valence-electron chi connectivity index (χ1n) is 5.62. The van der Waals surface area contributed by atoms with E-state index in [1.54, 1.807) is 31.0 Å². The fourth-order valence-electron chi connectivity index (χ4n) is 1.66. The van der Waals surface area contributed by atoms with E-state index in [2.05, 4.69) is 10.4 Å². The van der Waals surface area contributed by atoms with E-state index in [4.69, 9.17) is 5.73 Å². The van der Waals surface area contributed by atoms with Crippen LogP contribution in [0.1, 0.15) is 31.9 Å². The third kappa shape index (κ3) is 4.16. The summed E-state index contributed by atoms with van der Waals surface area (Å²) in [5.74, 6) is -0.258. The summed E-state index contributed by atoms with van der Waals surface area (Å²) >= 11 is 0. The lowest BCUT2D eigenvalue weighted by Crippen LogP contribution is -2.40. The van der Waals surface area contributed by atoms with Crippen LogP contribution in [0.15, 0.2) is 12.4 Å². The highest BCUT2D eigenvalue weighted by Crippen LogP contribution is 2.09. The summed E-state index contributed by atoms with van der Waals surface area (Å²) in [6.45, 7) is 3.52. The van der Waals surface area contributed by atoms with Gasteiger partial charge in [-0.05, 0) is 20.3 Å². The van der Waals surface area contributed by atoms with Gasteiger partial charge in [0, 0.05) is 24.8 Å². The average Bonchev–Trinajstić information content (AvgIpc) is 2.62. The molecule has 0 aromatic carbocycles. The van der Waals surface area contributed by atoms with Crippen LogP contribution >= 0.6 is 0 Å². The minimum atomic E-state index is -0.722. The molecule has 1 amide bonds. The number of nitrogens with one attached hydrogen (secondary N) is 1. The molecule has 17 heavy (non-hydrogen) atoms. The van der Waals surface area contributed by atoms with Crippen molar-refractivity contribution in [2.45, 2.75) is 38.5 Å². The first-order valence-corrected chi connectivity index (χ1v) is 5.62. The van der Waals surface area contributed by atoms with E-state index < -0.39 is 12.1 Å². The number of rotatable bonds is 5. The zero-order chi connectivity index (χ0) is 13.0. The van der Waals surface area contributed by atoms with Gasteiger partial charge >= 0.3 is 0 Å². The molecule has 3 atom stereocenters. The van der Waals surface area contributed by atoms with Crippen molar-refractivity contribution in [2.24, 2.45) is 12.8 Å². The average molecular weight is 240 g/mol. The van der Waals surface area contributed by atoms with Gasteiger partial charge < -0.3 is 16.2 Å². The van der Waals surface area contributed by atoms with Crippen molar-refractivity contribution < 1.29 is 9.90 Å². The van der Waals surface area contributed by atoms with Crippen LogP contribution in [0.3, 0.4) is 0 Å². The summed E-state index contributed by atoms with van der Waals surface area (Å²) in [5, 5.41) is 15.9. The fourth-order valence-corrected chi connectivity index (χ4v) is 1.66. The van der Waals surface area contributed by atoms with Crippen LogP contribution < -0.4 is 11.1 Å². The predicted octanol–water partition coefficient (Wildman–Crippen LogP) is -0.304. The highest BCUT2D eigenvalue weighted by Gasteiger charge is 2.19. The van der Waals surface area contributed by atoms with Gasteiger partial charge in [0.25, 0.3) is 0 Å². The van der Waals surface area contributed by atoms with Crippen molar-refractivity contribution in [1.29, 1.82) is 0 Å². The Labute approximate surface area is 101 Å². The SMILES string of the molecule is CC(O)CC(C)NC(=O)C(N)c1cnn(C)c1. The first kappa shape index (κ1) is 13.7. The molecule has 0 saturated heterocycles. The standard InChI is InChI=1S/C11H20N4O2/c1-7(4-8(2)16)14-11(17)10(12)9-5-13-15(3)6-9/h5-8,10,16H,4,12H2,1-3H3,(H,14,17).